The molecule has 0 aliphatic carbocycles. The number of aromatic nitrogens is 1. The van der Waals surface area contributed by atoms with E-state index in [0.717, 1.165) is 22.2 Å². The first kappa shape index (κ1) is 19.0. The smallest absolute Gasteiger partial charge is 0.257 e. The molecule has 0 saturated heterocycles. The number of amides is 1. The van der Waals surface area contributed by atoms with E-state index in [1.165, 1.54) is 12.1 Å². The van der Waals surface area contributed by atoms with E-state index in [0.29, 0.717) is 16.8 Å². The minimum Gasteiger partial charge on any atom is -0.321 e. The van der Waals surface area contributed by atoms with Gasteiger partial charge in [-0.2, -0.15) is 0 Å². The maximum Gasteiger partial charge on any atom is 0.257 e. The maximum absolute atomic E-state index is 13.4. The lowest BCUT2D eigenvalue weighted by Gasteiger charge is -2.20. The number of benzene rings is 2. The average molecular weight is 364 g/mol. The Morgan fingerprint density at radius 1 is 1.00 bits per heavy atom. The van der Waals surface area contributed by atoms with Crippen LogP contribution in [0.1, 0.15) is 66.7 Å². The number of hydrogen-bond donors (Lipinski definition) is 1. The Balaban J connectivity index is 2.05. The molecule has 1 heterocycles. The molecule has 0 fully saturated rings. The lowest BCUT2D eigenvalue weighted by Crippen LogP contribution is -2.17. The zero-order valence-corrected chi connectivity index (χ0v) is 16.4. The van der Waals surface area contributed by atoms with Gasteiger partial charge in [0.25, 0.3) is 5.91 Å². The monoisotopic (exact) mass is 364 g/mol. The van der Waals surface area contributed by atoms with Crippen LogP contribution in [0.5, 0.6) is 0 Å². The number of aryl methyl sites for hydroxylation is 1. The van der Waals surface area contributed by atoms with Crippen molar-refractivity contribution in [1.29, 1.82) is 0 Å². The van der Waals surface area contributed by atoms with Gasteiger partial charge in [0.15, 0.2) is 0 Å². The Morgan fingerprint density at radius 2 is 1.63 bits per heavy atom. The Hall–Kier alpha value is -2.75. The van der Waals surface area contributed by atoms with Gasteiger partial charge in [-0.3, -0.25) is 9.78 Å². The topological polar surface area (TPSA) is 42.0 Å². The molecule has 1 aromatic heterocycles. The van der Waals surface area contributed by atoms with Crippen molar-refractivity contribution in [2.75, 3.05) is 5.32 Å². The Kier molecular flexibility index (Phi) is 5.26. The summed E-state index contributed by atoms with van der Waals surface area (Å²) in [6.45, 7) is 10.2. The van der Waals surface area contributed by atoms with E-state index in [2.05, 4.69) is 50.1 Å². The van der Waals surface area contributed by atoms with Crippen molar-refractivity contribution in [2.45, 2.75) is 46.5 Å². The molecule has 0 atom stereocenters. The molecule has 0 aliphatic heterocycles. The highest BCUT2D eigenvalue weighted by molar-refractivity contribution is 6.07. The summed E-state index contributed by atoms with van der Waals surface area (Å²) >= 11 is 0. The van der Waals surface area contributed by atoms with Gasteiger partial charge in [-0.25, -0.2) is 4.39 Å². The average Bonchev–Trinajstić information content (AvgIpc) is 2.60. The van der Waals surface area contributed by atoms with Crippen LogP contribution in [0, 0.1) is 12.7 Å². The van der Waals surface area contributed by atoms with Crippen molar-refractivity contribution in [3.05, 3.63) is 70.7 Å². The van der Waals surface area contributed by atoms with Gasteiger partial charge in [-0.1, -0.05) is 45.9 Å². The predicted molar refractivity (Wildman–Crippen MR) is 109 cm³/mol. The van der Waals surface area contributed by atoms with Crippen molar-refractivity contribution < 1.29 is 9.18 Å². The van der Waals surface area contributed by atoms with E-state index in [9.17, 15) is 9.18 Å². The second-order valence-corrected chi connectivity index (χ2v) is 7.53. The summed E-state index contributed by atoms with van der Waals surface area (Å²) in [7, 11) is 0. The van der Waals surface area contributed by atoms with Gasteiger partial charge in [0.2, 0.25) is 0 Å². The Bertz CT molecular complexity index is 982. The first-order valence-corrected chi connectivity index (χ1v) is 9.29. The highest BCUT2D eigenvalue weighted by Crippen LogP contribution is 2.33. The molecule has 3 aromatic rings. The number of pyridine rings is 1. The van der Waals surface area contributed by atoms with Gasteiger partial charge in [-0.15, -0.1) is 0 Å². The van der Waals surface area contributed by atoms with E-state index in [1.807, 2.05) is 6.07 Å². The van der Waals surface area contributed by atoms with Gasteiger partial charge in [0, 0.05) is 17.1 Å². The maximum atomic E-state index is 13.4. The molecular formula is C23H25FN2O. The molecule has 0 spiro atoms. The van der Waals surface area contributed by atoms with Gasteiger partial charge >= 0.3 is 0 Å². The van der Waals surface area contributed by atoms with Crippen LogP contribution in [-0.4, -0.2) is 10.9 Å². The number of halogens is 1. The SMILES string of the molecule is Cc1nc2cc(F)ccc2cc1C(=O)Nc1c(C(C)C)cccc1C(C)C. The zero-order chi connectivity index (χ0) is 19.7. The fourth-order valence-corrected chi connectivity index (χ4v) is 3.34. The summed E-state index contributed by atoms with van der Waals surface area (Å²) in [4.78, 5) is 17.5. The number of nitrogens with zero attached hydrogens (tertiary/aromatic N) is 1. The number of nitrogens with one attached hydrogen (secondary N) is 1. The number of rotatable bonds is 4. The van der Waals surface area contributed by atoms with Crippen LogP contribution in [0.25, 0.3) is 10.9 Å². The normalized spacial score (nSPS) is 11.4. The molecule has 4 heteroatoms. The standard InChI is InChI=1S/C23H25FN2O/c1-13(2)18-7-6-8-19(14(3)4)22(18)26-23(27)20-11-16-9-10-17(24)12-21(16)25-15(20)5/h6-14H,1-5H3,(H,26,27). The van der Waals surface area contributed by atoms with Crippen LogP contribution in [0.15, 0.2) is 42.5 Å². The minimum atomic E-state index is -0.334. The van der Waals surface area contributed by atoms with Crippen molar-refractivity contribution in [3.8, 4) is 0 Å². The molecule has 27 heavy (non-hydrogen) atoms. The number of anilines is 1. The van der Waals surface area contributed by atoms with Crippen LogP contribution in [0.4, 0.5) is 10.1 Å². The number of fused-ring (bicyclic) bond motifs is 1. The highest BCUT2D eigenvalue weighted by Gasteiger charge is 2.18. The first-order valence-electron chi connectivity index (χ1n) is 9.29. The number of carbonyl (C=O) groups excluding carboxylic acids is 1. The largest absolute Gasteiger partial charge is 0.321 e. The summed E-state index contributed by atoms with van der Waals surface area (Å²) in [5.41, 5.74) is 4.74. The molecule has 0 aliphatic rings. The molecular weight excluding hydrogens is 339 g/mol. The van der Waals surface area contributed by atoms with Crippen molar-refractivity contribution in [3.63, 3.8) is 0 Å². The fraction of sp³-hybridized carbons (Fsp3) is 0.304. The quantitative estimate of drug-likeness (QED) is 0.600. The summed E-state index contributed by atoms with van der Waals surface area (Å²) in [6.07, 6.45) is 0. The molecule has 3 nitrogen and oxygen atoms in total. The molecule has 1 N–H and O–H groups in total. The summed E-state index contributed by atoms with van der Waals surface area (Å²) in [5, 5.41) is 3.87. The minimum absolute atomic E-state index is 0.193. The van der Waals surface area contributed by atoms with Gasteiger partial charge in [0.05, 0.1) is 16.8 Å². The van der Waals surface area contributed by atoms with Crippen LogP contribution >= 0.6 is 0 Å². The molecule has 0 radical (unpaired) electrons. The number of carbonyl (C=O) groups is 1. The number of para-hydroxylation sites is 1. The van der Waals surface area contributed by atoms with Crippen molar-refractivity contribution in [2.24, 2.45) is 0 Å². The molecule has 140 valence electrons. The second kappa shape index (κ2) is 7.47. The van der Waals surface area contributed by atoms with E-state index in [-0.39, 0.29) is 23.6 Å². The lowest BCUT2D eigenvalue weighted by atomic mass is 9.92. The first-order chi connectivity index (χ1) is 12.8. The van der Waals surface area contributed by atoms with Crippen molar-refractivity contribution in [1.82, 2.24) is 4.98 Å². The Labute approximate surface area is 159 Å². The fourth-order valence-electron chi connectivity index (χ4n) is 3.34. The van der Waals surface area contributed by atoms with Gasteiger partial charge in [0.1, 0.15) is 5.82 Å². The highest BCUT2D eigenvalue weighted by atomic mass is 19.1. The van der Waals surface area contributed by atoms with E-state index in [1.54, 1.807) is 19.1 Å². The number of hydrogen-bond acceptors (Lipinski definition) is 2. The molecule has 1 amide bonds. The molecule has 2 aromatic carbocycles. The van der Waals surface area contributed by atoms with Crippen molar-refractivity contribution >= 4 is 22.5 Å². The van der Waals surface area contributed by atoms with Gasteiger partial charge in [-0.05, 0) is 48.1 Å². The predicted octanol–water partition coefficient (Wildman–Crippen LogP) is 6.18. The Morgan fingerprint density at radius 3 is 2.22 bits per heavy atom. The van der Waals surface area contributed by atoms with Gasteiger partial charge < -0.3 is 5.32 Å². The van der Waals surface area contributed by atoms with E-state index < -0.39 is 0 Å². The third kappa shape index (κ3) is 3.85. The van der Waals surface area contributed by atoms with Crippen LogP contribution < -0.4 is 5.32 Å². The lowest BCUT2D eigenvalue weighted by molar-refractivity contribution is 0.102. The van der Waals surface area contributed by atoms with Crippen LogP contribution in [0.2, 0.25) is 0 Å². The van der Waals surface area contributed by atoms with Crippen LogP contribution in [0.3, 0.4) is 0 Å². The third-order valence-electron chi connectivity index (χ3n) is 4.83. The van der Waals surface area contributed by atoms with E-state index >= 15 is 0 Å². The molecule has 0 unspecified atom stereocenters. The third-order valence-corrected chi connectivity index (χ3v) is 4.83. The molecule has 3 rings (SSSR count). The summed E-state index contributed by atoms with van der Waals surface area (Å²) < 4.78 is 13.4. The molecule has 0 saturated carbocycles. The second-order valence-electron chi connectivity index (χ2n) is 7.53. The molecule has 0 bridgehead atoms. The zero-order valence-electron chi connectivity index (χ0n) is 16.4. The van der Waals surface area contributed by atoms with E-state index in [4.69, 9.17) is 0 Å². The summed E-state index contributed by atoms with van der Waals surface area (Å²) in [6, 6.07) is 12.3. The summed E-state index contributed by atoms with van der Waals surface area (Å²) in [5.74, 6) is 0.0517. The van der Waals surface area contributed by atoms with Crippen LogP contribution in [-0.2, 0) is 0 Å².